The van der Waals surface area contributed by atoms with Gasteiger partial charge in [-0.05, 0) is 70.2 Å². The van der Waals surface area contributed by atoms with Gasteiger partial charge in [-0.15, -0.1) is 50.3 Å². The quantitative estimate of drug-likeness (QED) is 0.159. The second kappa shape index (κ2) is 22.0. The molecule has 51 heavy (non-hydrogen) atoms. The van der Waals surface area contributed by atoms with Crippen molar-refractivity contribution in [3.8, 4) is 0 Å². The average Bonchev–Trinajstić information content (AvgIpc) is 3.11. The summed E-state index contributed by atoms with van der Waals surface area (Å²) in [6.45, 7) is 23.6. The fourth-order valence-corrected chi connectivity index (χ4v) is 8.08. The molecular formula is C42H66N8Ru+4. The van der Waals surface area contributed by atoms with E-state index < -0.39 is 0 Å². The van der Waals surface area contributed by atoms with Crippen molar-refractivity contribution in [3.05, 3.63) is 92.1 Å². The van der Waals surface area contributed by atoms with Gasteiger partial charge in [0.25, 0.3) is 0 Å². The molecule has 2 aromatic heterocycles. The minimum atomic E-state index is 0. The number of piperidine rings is 3. The summed E-state index contributed by atoms with van der Waals surface area (Å²) in [5, 5.41) is 19.7. The number of aryl methyl sites for hydroxylation is 2. The second-order valence-electron chi connectivity index (χ2n) is 15.9. The van der Waals surface area contributed by atoms with Crippen molar-refractivity contribution in [2.24, 2.45) is 17.8 Å². The Bertz CT molecular complexity index is 1300. The smallest absolute Gasteiger partial charge is 0.658 e. The van der Waals surface area contributed by atoms with Gasteiger partial charge in [-0.2, -0.15) is 0 Å². The topological polar surface area (TPSA) is 88.7 Å². The SMILES string of the molecule is CC1=CCC[N-]C1CN(Cc1ncccc1C)CC1[N-]CCCC1C.Cc1cccnc1CN(CC1[N-]CCCC1C)CC1[N-]CCCC1C.[Ru+8]. The van der Waals surface area contributed by atoms with Gasteiger partial charge >= 0.3 is 19.5 Å². The number of hydrogen-bond donors (Lipinski definition) is 0. The molecular weight excluding hydrogens is 718 g/mol. The van der Waals surface area contributed by atoms with Gasteiger partial charge in [0.15, 0.2) is 0 Å². The van der Waals surface area contributed by atoms with E-state index in [0.717, 1.165) is 71.9 Å². The number of hydrogen-bond acceptors (Lipinski definition) is 4. The van der Waals surface area contributed by atoms with Gasteiger partial charge in [0.05, 0.1) is 11.4 Å². The van der Waals surface area contributed by atoms with E-state index in [0.29, 0.717) is 41.9 Å². The minimum absolute atomic E-state index is 0. The fourth-order valence-electron chi connectivity index (χ4n) is 8.08. The van der Waals surface area contributed by atoms with Crippen LogP contribution in [0.2, 0.25) is 0 Å². The molecule has 6 heterocycles. The molecule has 7 atom stereocenters. The van der Waals surface area contributed by atoms with E-state index in [1.165, 1.54) is 66.6 Å². The van der Waals surface area contributed by atoms with E-state index in [4.69, 9.17) is 21.3 Å². The van der Waals surface area contributed by atoms with Crippen LogP contribution in [0.15, 0.2) is 48.3 Å². The van der Waals surface area contributed by atoms with Crippen molar-refractivity contribution >= 4 is 0 Å². The molecule has 0 saturated carbocycles. The van der Waals surface area contributed by atoms with Crippen LogP contribution in [0.5, 0.6) is 0 Å². The van der Waals surface area contributed by atoms with Crippen molar-refractivity contribution in [3.63, 3.8) is 0 Å². The third-order valence-corrected chi connectivity index (χ3v) is 11.7. The largest absolute Gasteiger partial charge is 8.00 e. The summed E-state index contributed by atoms with van der Waals surface area (Å²) in [5.74, 6) is 2.07. The van der Waals surface area contributed by atoms with Crippen molar-refractivity contribution in [2.45, 2.75) is 124 Å². The van der Waals surface area contributed by atoms with Crippen LogP contribution in [0, 0.1) is 31.6 Å². The number of rotatable bonds is 12. The number of aromatic nitrogens is 2. The molecule has 2 aromatic rings. The molecule has 0 bridgehead atoms. The van der Waals surface area contributed by atoms with Gasteiger partial charge < -0.3 is 31.1 Å². The van der Waals surface area contributed by atoms with Crippen LogP contribution in [0.4, 0.5) is 0 Å². The molecule has 278 valence electrons. The van der Waals surface area contributed by atoms with Gasteiger partial charge in [0.2, 0.25) is 0 Å². The van der Waals surface area contributed by atoms with E-state index in [-0.39, 0.29) is 19.5 Å². The molecule has 0 aliphatic carbocycles. The van der Waals surface area contributed by atoms with Crippen LogP contribution in [-0.4, -0.2) is 96.3 Å². The fraction of sp³-hybridized carbons (Fsp3) is 0.714. The molecule has 6 rings (SSSR count). The van der Waals surface area contributed by atoms with Crippen LogP contribution in [0.1, 0.15) is 95.2 Å². The monoisotopic (exact) mass is 784 g/mol. The van der Waals surface area contributed by atoms with Crippen molar-refractivity contribution in [1.82, 2.24) is 19.8 Å². The summed E-state index contributed by atoms with van der Waals surface area (Å²) in [4.78, 5) is 14.4. The van der Waals surface area contributed by atoms with Gasteiger partial charge in [0, 0.05) is 25.5 Å². The molecule has 0 N–H and O–H groups in total. The normalized spacial score (nSPS) is 28.4. The van der Waals surface area contributed by atoms with Crippen molar-refractivity contribution in [1.29, 1.82) is 0 Å². The van der Waals surface area contributed by atoms with E-state index in [1.54, 1.807) is 0 Å². The summed E-state index contributed by atoms with van der Waals surface area (Å²) in [6, 6.07) is 10.1. The van der Waals surface area contributed by atoms with E-state index in [2.05, 4.69) is 79.5 Å². The maximum atomic E-state index is 4.93. The Labute approximate surface area is 324 Å². The predicted octanol–water partition coefficient (Wildman–Crippen LogP) is 8.99. The Hall–Kier alpha value is -1.58. The summed E-state index contributed by atoms with van der Waals surface area (Å²) < 4.78 is 0. The number of pyridine rings is 2. The van der Waals surface area contributed by atoms with Crippen LogP contribution in [-0.2, 0) is 32.6 Å². The Balaban J connectivity index is 0.000000224. The molecule has 0 radical (unpaired) electrons. The van der Waals surface area contributed by atoms with Gasteiger partial charge in [0.1, 0.15) is 0 Å². The van der Waals surface area contributed by atoms with Crippen LogP contribution < -0.4 is 0 Å². The zero-order valence-electron chi connectivity index (χ0n) is 32.5. The molecule has 3 saturated heterocycles. The predicted molar refractivity (Wildman–Crippen MR) is 210 cm³/mol. The van der Waals surface area contributed by atoms with Gasteiger partial charge in [-0.1, -0.05) is 107 Å². The summed E-state index contributed by atoms with van der Waals surface area (Å²) >= 11 is 0. The third-order valence-electron chi connectivity index (χ3n) is 11.7. The summed E-state index contributed by atoms with van der Waals surface area (Å²) in [5.41, 5.74) is 6.36. The van der Waals surface area contributed by atoms with Gasteiger partial charge in [-0.3, -0.25) is 9.97 Å². The third kappa shape index (κ3) is 13.3. The number of nitrogens with zero attached hydrogens (tertiary/aromatic N) is 8. The Morgan fingerprint density at radius 1 is 0.608 bits per heavy atom. The molecule has 4 aliphatic rings. The standard InChI is InChI=1S/C21H34N4.C21H32N4.Ru/c2*1-16-7-4-10-22-19(16)13-25(14-20-17(2)8-5-11-23-20)15-21-18(3)9-6-12-24-21;/h4,7,10,17-18,20-21H,5-6,8-9,11-15H2,1-3H3;4,7-8,10,18,20-21H,5-6,9,11-15H2,1-3H3;/q2*-2;+8. The molecule has 4 aliphatic heterocycles. The summed E-state index contributed by atoms with van der Waals surface area (Å²) in [6.07, 6.45) is 15.0. The second-order valence-corrected chi connectivity index (χ2v) is 15.9. The van der Waals surface area contributed by atoms with E-state index in [1.807, 2.05) is 24.5 Å². The molecule has 8 nitrogen and oxygen atoms in total. The minimum Gasteiger partial charge on any atom is -0.658 e. The molecule has 7 unspecified atom stereocenters. The van der Waals surface area contributed by atoms with Crippen LogP contribution in [0.3, 0.4) is 0 Å². The Kier molecular flexibility index (Phi) is 18.2. The first kappa shape index (κ1) is 42.2. The maximum absolute atomic E-state index is 4.93. The molecule has 0 amide bonds. The van der Waals surface area contributed by atoms with Crippen molar-refractivity contribution in [2.75, 3.05) is 52.4 Å². The van der Waals surface area contributed by atoms with Crippen LogP contribution in [0.25, 0.3) is 21.3 Å². The first-order valence-electron chi connectivity index (χ1n) is 19.9. The zero-order valence-corrected chi connectivity index (χ0v) is 34.3. The molecule has 3 fully saturated rings. The molecule has 0 aromatic carbocycles. The van der Waals surface area contributed by atoms with E-state index in [9.17, 15) is 0 Å². The van der Waals surface area contributed by atoms with E-state index >= 15 is 0 Å². The first-order chi connectivity index (χ1) is 24.3. The first-order valence-corrected chi connectivity index (χ1v) is 19.9. The summed E-state index contributed by atoms with van der Waals surface area (Å²) in [7, 11) is 0. The van der Waals surface area contributed by atoms with Gasteiger partial charge in [-0.25, -0.2) is 0 Å². The Morgan fingerprint density at radius 3 is 1.43 bits per heavy atom. The average molecular weight is 784 g/mol. The Morgan fingerprint density at radius 2 is 1.04 bits per heavy atom. The molecule has 9 heteroatoms. The van der Waals surface area contributed by atoms with Crippen molar-refractivity contribution < 1.29 is 19.5 Å². The van der Waals surface area contributed by atoms with Crippen LogP contribution >= 0.6 is 0 Å². The maximum Gasteiger partial charge on any atom is 8.00 e. The zero-order chi connectivity index (χ0) is 35.3. The molecule has 0 spiro atoms.